The van der Waals surface area contributed by atoms with Crippen LogP contribution in [0.1, 0.15) is 31.7 Å². The summed E-state index contributed by atoms with van der Waals surface area (Å²) in [6.45, 7) is 4.75. The Morgan fingerprint density at radius 1 is 1.25 bits per heavy atom. The minimum atomic E-state index is -3.14. The molecule has 0 radical (unpaired) electrons. The average molecular weight is 354 g/mol. The van der Waals surface area contributed by atoms with Gasteiger partial charge in [-0.15, -0.1) is 0 Å². The van der Waals surface area contributed by atoms with Crippen molar-refractivity contribution in [2.75, 3.05) is 25.4 Å². The van der Waals surface area contributed by atoms with E-state index in [4.69, 9.17) is 4.74 Å². The first kappa shape index (κ1) is 18.7. The predicted octanol–water partition coefficient (Wildman–Crippen LogP) is 1.69. The summed E-state index contributed by atoms with van der Waals surface area (Å²) in [5, 5.41) is 2.92. The summed E-state index contributed by atoms with van der Waals surface area (Å²) >= 11 is 0. The molecule has 1 aromatic carbocycles. The Morgan fingerprint density at radius 2 is 1.88 bits per heavy atom. The highest BCUT2D eigenvalue weighted by Crippen LogP contribution is 2.15. The van der Waals surface area contributed by atoms with Gasteiger partial charge in [-0.2, -0.15) is 0 Å². The van der Waals surface area contributed by atoms with Crippen molar-refractivity contribution < 1.29 is 17.9 Å². The standard InChI is InChI=1S/C17H26N2O4S/c1-3-12-24(21,22)19-10-8-15(9-11-19)18-17(20)13-23-16-6-4-14(2)5-7-16/h4-7,15H,3,8-13H2,1-2H3,(H,18,20). The van der Waals surface area contributed by atoms with Gasteiger partial charge in [0.15, 0.2) is 6.61 Å². The molecule has 0 bridgehead atoms. The maximum absolute atomic E-state index is 12.0. The van der Waals surface area contributed by atoms with E-state index in [0.29, 0.717) is 38.1 Å². The normalized spacial score (nSPS) is 16.8. The first-order chi connectivity index (χ1) is 11.4. The first-order valence-electron chi connectivity index (χ1n) is 8.37. The maximum Gasteiger partial charge on any atom is 0.258 e. The Hall–Kier alpha value is -1.60. The van der Waals surface area contributed by atoms with Crippen LogP contribution in [0.3, 0.4) is 0 Å². The molecular formula is C17H26N2O4S. The zero-order valence-electron chi connectivity index (χ0n) is 14.3. The molecule has 24 heavy (non-hydrogen) atoms. The summed E-state index contributed by atoms with van der Waals surface area (Å²) in [6, 6.07) is 7.53. The molecule has 1 aromatic rings. The lowest BCUT2D eigenvalue weighted by molar-refractivity contribution is -0.124. The molecule has 0 atom stereocenters. The van der Waals surface area contributed by atoms with Crippen LogP contribution in [0, 0.1) is 6.92 Å². The number of amides is 1. The summed E-state index contributed by atoms with van der Waals surface area (Å²) in [4.78, 5) is 12.0. The van der Waals surface area contributed by atoms with Crippen molar-refractivity contribution in [1.29, 1.82) is 0 Å². The van der Waals surface area contributed by atoms with Crippen molar-refractivity contribution >= 4 is 15.9 Å². The highest BCUT2D eigenvalue weighted by Gasteiger charge is 2.27. The second-order valence-corrected chi connectivity index (χ2v) is 8.25. The van der Waals surface area contributed by atoms with E-state index in [-0.39, 0.29) is 24.3 Å². The Bertz CT molecular complexity index is 635. The Morgan fingerprint density at radius 3 is 2.46 bits per heavy atom. The van der Waals surface area contributed by atoms with Crippen LogP contribution in [0.2, 0.25) is 0 Å². The monoisotopic (exact) mass is 354 g/mol. The predicted molar refractivity (Wildman–Crippen MR) is 93.5 cm³/mol. The molecule has 0 spiro atoms. The summed E-state index contributed by atoms with van der Waals surface area (Å²) in [6.07, 6.45) is 1.90. The summed E-state index contributed by atoms with van der Waals surface area (Å²) in [5.41, 5.74) is 1.14. The number of aryl methyl sites for hydroxylation is 1. The molecule has 0 aliphatic carbocycles. The van der Waals surface area contributed by atoms with Gasteiger partial charge in [-0.1, -0.05) is 24.6 Å². The lowest BCUT2D eigenvalue weighted by Gasteiger charge is -2.31. The van der Waals surface area contributed by atoms with Gasteiger partial charge in [0.25, 0.3) is 5.91 Å². The second kappa shape index (κ2) is 8.48. The van der Waals surface area contributed by atoms with Gasteiger partial charge in [-0.25, -0.2) is 12.7 Å². The number of nitrogens with zero attached hydrogens (tertiary/aromatic N) is 1. The Labute approximate surface area is 144 Å². The highest BCUT2D eigenvalue weighted by atomic mass is 32.2. The van der Waals surface area contributed by atoms with Crippen molar-refractivity contribution in [2.45, 2.75) is 39.2 Å². The highest BCUT2D eigenvalue weighted by molar-refractivity contribution is 7.89. The van der Waals surface area contributed by atoms with E-state index in [2.05, 4.69) is 5.32 Å². The maximum atomic E-state index is 12.0. The van der Waals surface area contributed by atoms with E-state index in [1.807, 2.05) is 38.1 Å². The van der Waals surface area contributed by atoms with Crippen LogP contribution in [-0.2, 0) is 14.8 Å². The van der Waals surface area contributed by atoms with Crippen molar-refractivity contribution in [1.82, 2.24) is 9.62 Å². The molecule has 7 heteroatoms. The largest absolute Gasteiger partial charge is 0.484 e. The zero-order valence-corrected chi connectivity index (χ0v) is 15.1. The van der Waals surface area contributed by atoms with Crippen LogP contribution >= 0.6 is 0 Å². The number of hydrogen-bond donors (Lipinski definition) is 1. The van der Waals surface area contributed by atoms with Crippen LogP contribution in [0.15, 0.2) is 24.3 Å². The van der Waals surface area contributed by atoms with Crippen LogP contribution in [0.25, 0.3) is 0 Å². The average Bonchev–Trinajstić information content (AvgIpc) is 2.55. The van der Waals surface area contributed by atoms with Gasteiger partial charge in [0, 0.05) is 19.1 Å². The number of nitrogens with one attached hydrogen (secondary N) is 1. The van der Waals surface area contributed by atoms with Crippen molar-refractivity contribution in [3.63, 3.8) is 0 Å². The quantitative estimate of drug-likeness (QED) is 0.808. The van der Waals surface area contributed by atoms with E-state index >= 15 is 0 Å². The third-order valence-corrected chi connectivity index (χ3v) is 6.14. The van der Waals surface area contributed by atoms with Gasteiger partial charge >= 0.3 is 0 Å². The molecule has 6 nitrogen and oxygen atoms in total. The number of hydrogen-bond acceptors (Lipinski definition) is 4. The molecule has 134 valence electrons. The smallest absolute Gasteiger partial charge is 0.258 e. The lowest BCUT2D eigenvalue weighted by Crippen LogP contribution is -2.47. The number of rotatable bonds is 7. The molecule has 2 rings (SSSR count). The number of benzene rings is 1. The van der Waals surface area contributed by atoms with E-state index in [1.165, 1.54) is 4.31 Å². The van der Waals surface area contributed by atoms with Crippen LogP contribution < -0.4 is 10.1 Å². The number of carbonyl (C=O) groups is 1. The third-order valence-electron chi connectivity index (χ3n) is 4.07. The van der Waals surface area contributed by atoms with E-state index < -0.39 is 10.0 Å². The van der Waals surface area contributed by atoms with Gasteiger partial charge in [-0.3, -0.25) is 4.79 Å². The van der Waals surface area contributed by atoms with Crippen molar-refractivity contribution in [2.24, 2.45) is 0 Å². The molecule has 1 amide bonds. The van der Waals surface area contributed by atoms with E-state index in [1.54, 1.807) is 0 Å². The SMILES string of the molecule is CCCS(=O)(=O)N1CCC(NC(=O)COc2ccc(C)cc2)CC1. The van der Waals surface area contributed by atoms with Gasteiger partial charge in [0.05, 0.1) is 5.75 Å². The van der Waals surface area contributed by atoms with Gasteiger partial charge in [-0.05, 0) is 38.3 Å². The molecule has 1 heterocycles. The third kappa shape index (κ3) is 5.49. The lowest BCUT2D eigenvalue weighted by atomic mass is 10.1. The molecular weight excluding hydrogens is 328 g/mol. The fourth-order valence-corrected chi connectivity index (χ4v) is 4.26. The Balaban J connectivity index is 1.73. The number of sulfonamides is 1. The Kier molecular flexibility index (Phi) is 6.62. The van der Waals surface area contributed by atoms with Crippen LogP contribution in [0.5, 0.6) is 5.75 Å². The minimum Gasteiger partial charge on any atom is -0.484 e. The summed E-state index contributed by atoms with van der Waals surface area (Å²) in [5.74, 6) is 0.677. The van der Waals surface area contributed by atoms with Gasteiger partial charge < -0.3 is 10.1 Å². The zero-order chi connectivity index (χ0) is 17.6. The molecule has 0 saturated carbocycles. The number of piperidine rings is 1. The van der Waals surface area contributed by atoms with Gasteiger partial charge in [0.1, 0.15) is 5.75 Å². The number of carbonyl (C=O) groups excluding carboxylic acids is 1. The molecule has 1 saturated heterocycles. The molecule has 0 aromatic heterocycles. The molecule has 1 aliphatic rings. The molecule has 1 N–H and O–H groups in total. The van der Waals surface area contributed by atoms with Crippen LogP contribution in [0.4, 0.5) is 0 Å². The summed E-state index contributed by atoms with van der Waals surface area (Å²) < 4.78 is 31.0. The van der Waals surface area contributed by atoms with Crippen molar-refractivity contribution in [3.8, 4) is 5.75 Å². The fraction of sp³-hybridized carbons (Fsp3) is 0.588. The van der Waals surface area contributed by atoms with Crippen molar-refractivity contribution in [3.05, 3.63) is 29.8 Å². The van der Waals surface area contributed by atoms with Crippen LogP contribution in [-0.4, -0.2) is 50.1 Å². The van der Waals surface area contributed by atoms with Gasteiger partial charge in [0.2, 0.25) is 10.0 Å². The molecule has 1 aliphatic heterocycles. The fourth-order valence-electron chi connectivity index (χ4n) is 2.72. The number of ether oxygens (including phenoxy) is 1. The molecule has 0 unspecified atom stereocenters. The topological polar surface area (TPSA) is 75.7 Å². The second-order valence-electron chi connectivity index (χ2n) is 6.16. The van der Waals surface area contributed by atoms with E-state index in [0.717, 1.165) is 5.56 Å². The minimum absolute atomic E-state index is 0.00666. The molecule has 1 fully saturated rings. The summed E-state index contributed by atoms with van der Waals surface area (Å²) in [7, 11) is -3.14. The first-order valence-corrected chi connectivity index (χ1v) is 9.98. The van der Waals surface area contributed by atoms with E-state index in [9.17, 15) is 13.2 Å².